The van der Waals surface area contributed by atoms with Gasteiger partial charge in [-0.2, -0.15) is 0 Å². The van der Waals surface area contributed by atoms with Crippen LogP contribution in [0.1, 0.15) is 17.3 Å². The monoisotopic (exact) mass is 408 g/mol. The lowest BCUT2D eigenvalue weighted by Crippen LogP contribution is -2.28. The average molecular weight is 409 g/mol. The molecule has 8 heteroatoms. The van der Waals surface area contributed by atoms with E-state index in [1.165, 1.54) is 18.2 Å². The van der Waals surface area contributed by atoms with Crippen LogP contribution in [0.3, 0.4) is 0 Å². The van der Waals surface area contributed by atoms with Crippen molar-refractivity contribution in [1.29, 1.82) is 0 Å². The molecule has 0 unspecified atom stereocenters. The zero-order valence-electron chi connectivity index (χ0n) is 13.5. The lowest BCUT2D eigenvalue weighted by molar-refractivity contribution is -0.385. The SMILES string of the molecule is CCOc1ccc(OCCNC(=O)c2ccc(Br)c([N+](=O)[O-])c2)cc1. The molecule has 25 heavy (non-hydrogen) atoms. The summed E-state index contributed by atoms with van der Waals surface area (Å²) >= 11 is 3.08. The second-order valence-corrected chi connectivity index (χ2v) is 5.79. The number of nitrogens with zero attached hydrogens (tertiary/aromatic N) is 1. The quantitative estimate of drug-likeness (QED) is 0.409. The number of nitro benzene ring substituents is 1. The van der Waals surface area contributed by atoms with Crippen LogP contribution in [0.25, 0.3) is 0 Å². The van der Waals surface area contributed by atoms with Crippen LogP contribution in [0.4, 0.5) is 5.69 Å². The second-order valence-electron chi connectivity index (χ2n) is 4.93. The highest BCUT2D eigenvalue weighted by atomic mass is 79.9. The molecule has 0 spiro atoms. The van der Waals surface area contributed by atoms with Gasteiger partial charge in [-0.3, -0.25) is 14.9 Å². The van der Waals surface area contributed by atoms with Gasteiger partial charge in [-0.25, -0.2) is 0 Å². The smallest absolute Gasteiger partial charge is 0.284 e. The molecule has 1 amide bonds. The molecule has 7 nitrogen and oxygen atoms in total. The lowest BCUT2D eigenvalue weighted by Gasteiger charge is -2.09. The topological polar surface area (TPSA) is 90.7 Å². The summed E-state index contributed by atoms with van der Waals surface area (Å²) < 4.78 is 11.2. The van der Waals surface area contributed by atoms with Crippen LogP contribution in [0.5, 0.6) is 11.5 Å². The Labute approximate surface area is 153 Å². The largest absolute Gasteiger partial charge is 0.494 e. The van der Waals surface area contributed by atoms with E-state index in [0.29, 0.717) is 16.8 Å². The third-order valence-electron chi connectivity index (χ3n) is 3.20. The number of amides is 1. The summed E-state index contributed by atoms with van der Waals surface area (Å²) in [5, 5.41) is 13.6. The lowest BCUT2D eigenvalue weighted by atomic mass is 10.2. The first kappa shape index (κ1) is 18.7. The molecule has 0 fully saturated rings. The fourth-order valence-corrected chi connectivity index (χ4v) is 2.42. The first-order valence-corrected chi connectivity index (χ1v) is 8.38. The summed E-state index contributed by atoms with van der Waals surface area (Å²) in [5.74, 6) is 1.03. The maximum atomic E-state index is 12.0. The Bertz CT molecular complexity index is 749. The summed E-state index contributed by atoms with van der Waals surface area (Å²) in [4.78, 5) is 22.4. The molecule has 0 aliphatic carbocycles. The van der Waals surface area contributed by atoms with E-state index in [1.54, 1.807) is 24.3 Å². The van der Waals surface area contributed by atoms with E-state index < -0.39 is 10.8 Å². The molecule has 0 saturated heterocycles. The van der Waals surface area contributed by atoms with Crippen molar-refractivity contribution < 1.29 is 19.2 Å². The number of benzene rings is 2. The number of nitro groups is 1. The van der Waals surface area contributed by atoms with Crippen molar-refractivity contribution >= 4 is 27.5 Å². The van der Waals surface area contributed by atoms with Crippen LogP contribution in [0, 0.1) is 10.1 Å². The van der Waals surface area contributed by atoms with Gasteiger partial charge in [-0.1, -0.05) is 0 Å². The Morgan fingerprint density at radius 3 is 2.40 bits per heavy atom. The van der Waals surface area contributed by atoms with Gasteiger partial charge in [0.25, 0.3) is 11.6 Å². The Balaban J connectivity index is 1.82. The molecule has 0 aromatic heterocycles. The van der Waals surface area contributed by atoms with Crippen LogP contribution in [-0.2, 0) is 0 Å². The predicted molar refractivity (Wildman–Crippen MR) is 96.2 cm³/mol. The molecule has 0 heterocycles. The van der Waals surface area contributed by atoms with E-state index in [0.717, 1.165) is 5.75 Å². The van der Waals surface area contributed by atoms with Crippen molar-refractivity contribution in [2.75, 3.05) is 19.8 Å². The van der Waals surface area contributed by atoms with Crippen LogP contribution < -0.4 is 14.8 Å². The first-order valence-electron chi connectivity index (χ1n) is 7.59. The minimum Gasteiger partial charge on any atom is -0.494 e. The van der Waals surface area contributed by atoms with E-state index >= 15 is 0 Å². The number of carbonyl (C=O) groups excluding carboxylic acids is 1. The van der Waals surface area contributed by atoms with Crippen LogP contribution in [-0.4, -0.2) is 30.6 Å². The fraction of sp³-hybridized carbons (Fsp3) is 0.235. The molecular weight excluding hydrogens is 392 g/mol. The third-order valence-corrected chi connectivity index (χ3v) is 3.87. The van der Waals surface area contributed by atoms with Gasteiger partial charge in [0.05, 0.1) is 22.5 Å². The maximum absolute atomic E-state index is 12.0. The number of hydrogen-bond donors (Lipinski definition) is 1. The number of ether oxygens (including phenoxy) is 2. The maximum Gasteiger partial charge on any atom is 0.284 e. The van der Waals surface area contributed by atoms with Gasteiger partial charge in [0.15, 0.2) is 0 Å². The molecule has 1 N–H and O–H groups in total. The molecule has 2 aromatic rings. The fourth-order valence-electron chi connectivity index (χ4n) is 2.03. The molecule has 0 bridgehead atoms. The van der Waals surface area contributed by atoms with Crippen molar-refractivity contribution in [3.63, 3.8) is 0 Å². The molecule has 0 aliphatic rings. The zero-order valence-corrected chi connectivity index (χ0v) is 15.1. The number of hydrogen-bond acceptors (Lipinski definition) is 5. The van der Waals surface area contributed by atoms with Gasteiger partial charge >= 0.3 is 0 Å². The highest BCUT2D eigenvalue weighted by Gasteiger charge is 2.15. The van der Waals surface area contributed by atoms with Gasteiger partial charge in [0.1, 0.15) is 18.1 Å². The van der Waals surface area contributed by atoms with Gasteiger partial charge < -0.3 is 14.8 Å². The number of nitrogens with one attached hydrogen (secondary N) is 1. The number of carbonyl (C=O) groups is 1. The molecule has 0 atom stereocenters. The van der Waals surface area contributed by atoms with E-state index in [9.17, 15) is 14.9 Å². The third kappa shape index (κ3) is 5.46. The van der Waals surface area contributed by atoms with Gasteiger partial charge in [0.2, 0.25) is 0 Å². The van der Waals surface area contributed by atoms with Crippen molar-refractivity contribution in [2.24, 2.45) is 0 Å². The van der Waals surface area contributed by atoms with E-state index in [4.69, 9.17) is 9.47 Å². The number of halogens is 1. The van der Waals surface area contributed by atoms with Crippen molar-refractivity contribution in [3.8, 4) is 11.5 Å². The van der Waals surface area contributed by atoms with Crippen molar-refractivity contribution in [2.45, 2.75) is 6.92 Å². The minimum atomic E-state index is -0.546. The molecular formula is C17H17BrN2O5. The Morgan fingerprint density at radius 1 is 1.16 bits per heavy atom. The first-order chi connectivity index (χ1) is 12.0. The molecule has 132 valence electrons. The molecule has 0 aliphatic heterocycles. The molecule has 2 rings (SSSR count). The summed E-state index contributed by atoms with van der Waals surface area (Å²) in [6, 6.07) is 11.4. The standard InChI is InChI=1S/C17H17BrN2O5/c1-2-24-13-4-6-14(7-5-13)25-10-9-19-17(21)12-3-8-15(18)16(11-12)20(22)23/h3-8,11H,2,9-10H2,1H3,(H,19,21). The van der Waals surface area contributed by atoms with Crippen LogP contribution >= 0.6 is 15.9 Å². The molecule has 2 aromatic carbocycles. The van der Waals surface area contributed by atoms with Gasteiger partial charge in [-0.15, -0.1) is 0 Å². The molecule has 0 saturated carbocycles. The normalized spacial score (nSPS) is 10.2. The van der Waals surface area contributed by atoms with Gasteiger partial charge in [-0.05, 0) is 59.3 Å². The summed E-state index contributed by atoms with van der Waals surface area (Å²) in [5.41, 5.74) is 0.0641. The molecule has 0 radical (unpaired) electrons. The van der Waals surface area contributed by atoms with E-state index in [2.05, 4.69) is 21.2 Å². The summed E-state index contributed by atoms with van der Waals surface area (Å²) in [6.45, 7) is 3.06. The second kappa shape index (κ2) is 9.03. The highest BCUT2D eigenvalue weighted by Crippen LogP contribution is 2.25. The Hall–Kier alpha value is -2.61. The van der Waals surface area contributed by atoms with Gasteiger partial charge in [0, 0.05) is 11.6 Å². The van der Waals surface area contributed by atoms with E-state index in [1.807, 2.05) is 6.92 Å². The predicted octanol–water partition coefficient (Wildman–Crippen LogP) is 3.56. The Morgan fingerprint density at radius 2 is 1.80 bits per heavy atom. The zero-order chi connectivity index (χ0) is 18.2. The summed E-state index contributed by atoms with van der Waals surface area (Å²) in [7, 11) is 0. The number of rotatable bonds is 8. The average Bonchev–Trinajstić information content (AvgIpc) is 2.60. The van der Waals surface area contributed by atoms with Crippen molar-refractivity contribution in [3.05, 3.63) is 62.6 Å². The Kier molecular flexibility index (Phi) is 6.76. The van der Waals surface area contributed by atoms with Crippen molar-refractivity contribution in [1.82, 2.24) is 5.32 Å². The summed E-state index contributed by atoms with van der Waals surface area (Å²) in [6.07, 6.45) is 0. The highest BCUT2D eigenvalue weighted by molar-refractivity contribution is 9.10. The van der Waals surface area contributed by atoms with E-state index in [-0.39, 0.29) is 24.4 Å². The van der Waals surface area contributed by atoms with Crippen LogP contribution in [0.15, 0.2) is 46.9 Å². The minimum absolute atomic E-state index is 0.154. The van der Waals surface area contributed by atoms with Crippen LogP contribution in [0.2, 0.25) is 0 Å².